The smallest absolute Gasteiger partial charge is 0.165 e. The summed E-state index contributed by atoms with van der Waals surface area (Å²) in [5.41, 5.74) is 7.54. The first-order chi connectivity index (χ1) is 10.1. The maximum atomic E-state index is 5.91. The van der Waals surface area contributed by atoms with Gasteiger partial charge < -0.3 is 10.3 Å². The predicted octanol–water partition coefficient (Wildman–Crippen LogP) is 3.89. The fraction of sp³-hybridized carbons (Fsp3) is 0.688. The third-order valence-corrected chi connectivity index (χ3v) is 4.33. The van der Waals surface area contributed by atoms with Crippen molar-refractivity contribution < 1.29 is 0 Å². The van der Waals surface area contributed by atoms with Crippen LogP contribution >= 0.6 is 0 Å². The molecule has 2 N–H and O–H groups in total. The van der Waals surface area contributed by atoms with Gasteiger partial charge >= 0.3 is 0 Å². The lowest BCUT2D eigenvalue weighted by Gasteiger charge is -2.32. The normalized spacial score (nSPS) is 14.4. The Bertz CT molecular complexity index is 577. The number of imidazole rings is 1. The highest BCUT2D eigenvalue weighted by Crippen LogP contribution is 2.32. The van der Waals surface area contributed by atoms with Crippen LogP contribution in [0.5, 0.6) is 0 Å². The first-order valence-corrected chi connectivity index (χ1v) is 8.06. The van der Waals surface area contributed by atoms with Crippen molar-refractivity contribution in [1.82, 2.24) is 19.5 Å². The maximum Gasteiger partial charge on any atom is 0.165 e. The molecule has 0 bridgehead atoms. The van der Waals surface area contributed by atoms with Gasteiger partial charge in [-0.1, -0.05) is 46.0 Å². The fourth-order valence-corrected chi connectivity index (χ4v) is 2.93. The molecular weight excluding hydrogens is 262 g/mol. The molecule has 0 saturated heterocycles. The highest BCUT2D eigenvalue weighted by Gasteiger charge is 2.28. The zero-order valence-corrected chi connectivity index (χ0v) is 13.5. The van der Waals surface area contributed by atoms with Gasteiger partial charge in [0.2, 0.25) is 0 Å². The number of hydrogen-bond acceptors (Lipinski definition) is 4. The van der Waals surface area contributed by atoms with E-state index in [1.54, 1.807) is 0 Å². The molecule has 1 unspecified atom stereocenters. The quantitative estimate of drug-likeness (QED) is 0.748. The van der Waals surface area contributed by atoms with Crippen molar-refractivity contribution in [1.29, 1.82) is 0 Å². The minimum Gasteiger partial charge on any atom is -0.382 e. The third kappa shape index (κ3) is 3.34. The Labute approximate surface area is 127 Å². The van der Waals surface area contributed by atoms with Crippen molar-refractivity contribution in [3.63, 3.8) is 0 Å². The lowest BCUT2D eigenvalue weighted by Crippen LogP contribution is -2.30. The molecule has 0 aliphatic rings. The van der Waals surface area contributed by atoms with Crippen molar-refractivity contribution in [2.75, 3.05) is 5.73 Å². The summed E-state index contributed by atoms with van der Waals surface area (Å²) in [6.07, 6.45) is 11.9. The highest BCUT2D eigenvalue weighted by molar-refractivity contribution is 5.81. The van der Waals surface area contributed by atoms with Crippen LogP contribution in [0.15, 0.2) is 12.7 Å². The molecule has 0 fully saturated rings. The number of aromatic nitrogens is 4. The van der Waals surface area contributed by atoms with Crippen LogP contribution in [-0.2, 0) is 5.54 Å². The lowest BCUT2D eigenvalue weighted by molar-refractivity contribution is 0.259. The molecule has 0 aliphatic heterocycles. The molecular formula is C16H27N5. The molecule has 0 aliphatic carbocycles. The van der Waals surface area contributed by atoms with Gasteiger partial charge in [0.1, 0.15) is 11.8 Å². The highest BCUT2D eigenvalue weighted by atomic mass is 15.2. The summed E-state index contributed by atoms with van der Waals surface area (Å²) >= 11 is 0. The van der Waals surface area contributed by atoms with Gasteiger partial charge in [-0.2, -0.15) is 0 Å². The number of nitrogens with zero attached hydrogens (tertiary/aromatic N) is 4. The molecule has 2 aromatic heterocycles. The molecule has 0 amide bonds. The van der Waals surface area contributed by atoms with Gasteiger partial charge in [0.05, 0.1) is 6.33 Å². The van der Waals surface area contributed by atoms with E-state index in [1.807, 2.05) is 6.33 Å². The summed E-state index contributed by atoms with van der Waals surface area (Å²) < 4.78 is 2.21. The third-order valence-electron chi connectivity index (χ3n) is 4.33. The molecule has 0 radical (unpaired) electrons. The van der Waals surface area contributed by atoms with Gasteiger partial charge in [0.25, 0.3) is 0 Å². The molecule has 0 spiro atoms. The standard InChI is InChI=1S/C16H27N5/c1-4-6-8-10-16(3,9-7-5-2)21-12-20-13-14(17)18-11-19-15(13)21/h11-12H,4-10H2,1-3H3,(H2,17,18,19). The van der Waals surface area contributed by atoms with E-state index in [2.05, 4.69) is 40.3 Å². The van der Waals surface area contributed by atoms with E-state index in [-0.39, 0.29) is 5.54 Å². The first-order valence-electron chi connectivity index (χ1n) is 8.06. The van der Waals surface area contributed by atoms with Crippen LogP contribution in [0.4, 0.5) is 5.82 Å². The largest absolute Gasteiger partial charge is 0.382 e. The molecule has 2 rings (SSSR count). The van der Waals surface area contributed by atoms with Crippen LogP contribution in [0.25, 0.3) is 11.2 Å². The van der Waals surface area contributed by atoms with E-state index in [9.17, 15) is 0 Å². The van der Waals surface area contributed by atoms with Crippen LogP contribution in [0.1, 0.15) is 65.7 Å². The summed E-state index contributed by atoms with van der Waals surface area (Å²) in [6.45, 7) is 6.79. The molecule has 1 atom stereocenters. The van der Waals surface area contributed by atoms with Crippen LogP contribution < -0.4 is 5.73 Å². The Morgan fingerprint density at radius 3 is 2.48 bits per heavy atom. The Kier molecular flexibility index (Phi) is 5.15. The number of fused-ring (bicyclic) bond motifs is 1. The minimum absolute atomic E-state index is 0.0563. The summed E-state index contributed by atoms with van der Waals surface area (Å²) in [7, 11) is 0. The van der Waals surface area contributed by atoms with Crippen molar-refractivity contribution in [3.8, 4) is 0 Å². The SMILES string of the molecule is CCCCCC(C)(CCCC)n1cnc2c(N)ncnc21. The fourth-order valence-electron chi connectivity index (χ4n) is 2.93. The molecule has 2 heterocycles. The Morgan fingerprint density at radius 1 is 1.05 bits per heavy atom. The van der Waals surface area contributed by atoms with Crippen LogP contribution in [0, 0.1) is 0 Å². The van der Waals surface area contributed by atoms with Gasteiger partial charge in [-0.05, 0) is 19.8 Å². The van der Waals surface area contributed by atoms with E-state index in [0.717, 1.165) is 24.0 Å². The predicted molar refractivity (Wildman–Crippen MR) is 87.1 cm³/mol. The van der Waals surface area contributed by atoms with Crippen LogP contribution in [0.3, 0.4) is 0 Å². The molecule has 0 aromatic carbocycles. The zero-order valence-electron chi connectivity index (χ0n) is 13.5. The van der Waals surface area contributed by atoms with E-state index in [1.165, 1.54) is 38.4 Å². The monoisotopic (exact) mass is 289 g/mol. The number of anilines is 1. The van der Waals surface area contributed by atoms with Crippen molar-refractivity contribution in [3.05, 3.63) is 12.7 Å². The van der Waals surface area contributed by atoms with Gasteiger partial charge in [0, 0.05) is 5.54 Å². The Hall–Kier alpha value is -1.65. The average molecular weight is 289 g/mol. The van der Waals surface area contributed by atoms with Crippen molar-refractivity contribution >= 4 is 17.0 Å². The summed E-state index contributed by atoms with van der Waals surface area (Å²) in [5, 5.41) is 0. The van der Waals surface area contributed by atoms with E-state index < -0.39 is 0 Å². The zero-order chi connectivity index (χ0) is 15.3. The lowest BCUT2D eigenvalue weighted by atomic mass is 9.88. The second kappa shape index (κ2) is 6.87. The first kappa shape index (κ1) is 15.7. The molecule has 5 nitrogen and oxygen atoms in total. The van der Waals surface area contributed by atoms with Gasteiger partial charge in [0.15, 0.2) is 11.5 Å². The second-order valence-electron chi connectivity index (χ2n) is 6.10. The van der Waals surface area contributed by atoms with E-state index >= 15 is 0 Å². The second-order valence-corrected chi connectivity index (χ2v) is 6.10. The topological polar surface area (TPSA) is 69.6 Å². The van der Waals surface area contributed by atoms with Crippen LogP contribution in [-0.4, -0.2) is 19.5 Å². The van der Waals surface area contributed by atoms with E-state index in [0.29, 0.717) is 5.82 Å². The average Bonchev–Trinajstić information content (AvgIpc) is 2.91. The van der Waals surface area contributed by atoms with E-state index in [4.69, 9.17) is 5.73 Å². The Morgan fingerprint density at radius 2 is 1.76 bits per heavy atom. The molecule has 116 valence electrons. The number of hydrogen-bond donors (Lipinski definition) is 1. The summed E-state index contributed by atoms with van der Waals surface area (Å²) in [4.78, 5) is 12.9. The summed E-state index contributed by atoms with van der Waals surface area (Å²) in [6, 6.07) is 0. The van der Waals surface area contributed by atoms with Gasteiger partial charge in [-0.15, -0.1) is 0 Å². The number of nitrogen functional groups attached to an aromatic ring is 1. The van der Waals surface area contributed by atoms with Gasteiger partial charge in [-0.3, -0.25) is 0 Å². The van der Waals surface area contributed by atoms with Crippen LogP contribution in [0.2, 0.25) is 0 Å². The molecule has 2 aromatic rings. The molecule has 0 saturated carbocycles. The molecule has 21 heavy (non-hydrogen) atoms. The minimum atomic E-state index is 0.0563. The molecule has 5 heteroatoms. The van der Waals surface area contributed by atoms with Gasteiger partial charge in [-0.25, -0.2) is 15.0 Å². The number of nitrogens with two attached hydrogens (primary N) is 1. The summed E-state index contributed by atoms with van der Waals surface area (Å²) in [5.74, 6) is 0.463. The van der Waals surface area contributed by atoms with Crippen molar-refractivity contribution in [2.45, 2.75) is 71.3 Å². The number of unbranched alkanes of at least 4 members (excludes halogenated alkanes) is 3. The number of rotatable bonds is 8. The van der Waals surface area contributed by atoms with Crippen molar-refractivity contribution in [2.24, 2.45) is 0 Å². The maximum absolute atomic E-state index is 5.91. The Balaban J connectivity index is 2.35.